The lowest BCUT2D eigenvalue weighted by Gasteiger charge is -2.26. The molecule has 0 saturated carbocycles. The Bertz CT molecular complexity index is 455. The summed E-state index contributed by atoms with van der Waals surface area (Å²) >= 11 is 0. The molecule has 1 aliphatic rings. The Morgan fingerprint density at radius 2 is 2.37 bits per heavy atom. The van der Waals surface area contributed by atoms with E-state index in [-0.39, 0.29) is 0 Å². The van der Waals surface area contributed by atoms with Gasteiger partial charge in [-0.05, 0) is 26.2 Å². The van der Waals surface area contributed by atoms with Gasteiger partial charge in [0.1, 0.15) is 17.6 Å². The molecule has 0 bridgehead atoms. The van der Waals surface area contributed by atoms with Gasteiger partial charge >= 0.3 is 0 Å². The van der Waals surface area contributed by atoms with Crippen molar-refractivity contribution in [3.63, 3.8) is 0 Å². The summed E-state index contributed by atoms with van der Waals surface area (Å²) in [6.07, 6.45) is 0. The van der Waals surface area contributed by atoms with Crippen LogP contribution in [0.15, 0.2) is 18.2 Å². The van der Waals surface area contributed by atoms with E-state index in [0.717, 1.165) is 32.1 Å². The molecule has 1 saturated heterocycles. The summed E-state index contributed by atoms with van der Waals surface area (Å²) in [5.74, 6) is 1.33. The molecule has 1 atom stereocenters. The summed E-state index contributed by atoms with van der Waals surface area (Å²) in [5, 5.41) is 8.92. The summed E-state index contributed by atoms with van der Waals surface area (Å²) < 4.78 is 5.66. The Morgan fingerprint density at radius 1 is 1.53 bits per heavy atom. The molecule has 0 aliphatic carbocycles. The summed E-state index contributed by atoms with van der Waals surface area (Å²) in [7, 11) is 4.15. The minimum atomic E-state index is 0.463. The number of nitrogens with zero attached hydrogens (tertiary/aromatic N) is 4. The van der Waals surface area contributed by atoms with Crippen molar-refractivity contribution in [3.8, 4) is 6.07 Å². The largest absolute Gasteiger partial charge is 0.379 e. The second-order valence-corrected chi connectivity index (χ2v) is 5.14. The highest BCUT2D eigenvalue weighted by atomic mass is 16.5. The van der Waals surface area contributed by atoms with Crippen molar-refractivity contribution in [2.75, 3.05) is 51.8 Å². The second kappa shape index (κ2) is 6.50. The molecule has 19 heavy (non-hydrogen) atoms. The Labute approximate surface area is 114 Å². The molecular formula is C14H20N4O. The molecule has 1 aromatic rings. The number of nitriles is 1. The molecule has 2 rings (SSSR count). The van der Waals surface area contributed by atoms with Gasteiger partial charge in [0.2, 0.25) is 0 Å². The Morgan fingerprint density at radius 3 is 3.11 bits per heavy atom. The lowest BCUT2D eigenvalue weighted by Crippen LogP contribution is -2.35. The minimum Gasteiger partial charge on any atom is -0.379 e. The first-order valence-electron chi connectivity index (χ1n) is 6.53. The van der Waals surface area contributed by atoms with Gasteiger partial charge in [0, 0.05) is 25.6 Å². The number of anilines is 1. The van der Waals surface area contributed by atoms with Gasteiger partial charge in [0.05, 0.1) is 13.2 Å². The maximum atomic E-state index is 8.92. The van der Waals surface area contributed by atoms with E-state index in [1.165, 1.54) is 0 Å². The van der Waals surface area contributed by atoms with E-state index in [0.29, 0.717) is 18.2 Å². The average Bonchev–Trinajstić information content (AvgIpc) is 2.64. The third-order valence-corrected chi connectivity index (χ3v) is 3.13. The SMILES string of the molecule is CN(C)CC1COCCN(c2cccc(C#N)n2)C1. The zero-order valence-corrected chi connectivity index (χ0v) is 11.5. The molecule has 0 spiro atoms. The highest BCUT2D eigenvalue weighted by molar-refractivity contribution is 5.41. The molecule has 1 fully saturated rings. The monoisotopic (exact) mass is 260 g/mol. The predicted octanol–water partition coefficient (Wildman–Crippen LogP) is 0.968. The average molecular weight is 260 g/mol. The molecule has 1 aromatic heterocycles. The van der Waals surface area contributed by atoms with Crippen LogP contribution in [0.1, 0.15) is 5.69 Å². The van der Waals surface area contributed by atoms with Gasteiger partial charge in [-0.15, -0.1) is 0 Å². The third kappa shape index (κ3) is 3.91. The van der Waals surface area contributed by atoms with Crippen LogP contribution in [0.5, 0.6) is 0 Å². The van der Waals surface area contributed by atoms with E-state index in [1.54, 1.807) is 6.07 Å². The van der Waals surface area contributed by atoms with E-state index in [2.05, 4.69) is 34.9 Å². The smallest absolute Gasteiger partial charge is 0.142 e. The fourth-order valence-electron chi connectivity index (χ4n) is 2.38. The molecule has 0 radical (unpaired) electrons. The maximum Gasteiger partial charge on any atom is 0.142 e. The molecule has 1 aliphatic heterocycles. The molecule has 102 valence electrons. The van der Waals surface area contributed by atoms with Gasteiger partial charge < -0.3 is 14.5 Å². The number of hydrogen-bond acceptors (Lipinski definition) is 5. The van der Waals surface area contributed by atoms with Crippen molar-refractivity contribution in [2.45, 2.75) is 0 Å². The van der Waals surface area contributed by atoms with Crippen LogP contribution >= 0.6 is 0 Å². The summed E-state index contributed by atoms with van der Waals surface area (Å²) in [6.45, 7) is 4.23. The van der Waals surface area contributed by atoms with Crippen LogP contribution in [-0.4, -0.2) is 56.8 Å². The minimum absolute atomic E-state index is 0.463. The van der Waals surface area contributed by atoms with E-state index in [4.69, 9.17) is 10.00 Å². The maximum absolute atomic E-state index is 8.92. The fraction of sp³-hybridized carbons (Fsp3) is 0.571. The zero-order valence-electron chi connectivity index (χ0n) is 11.5. The van der Waals surface area contributed by atoms with Gasteiger partial charge in [-0.2, -0.15) is 5.26 Å². The van der Waals surface area contributed by atoms with E-state index in [9.17, 15) is 0 Å². The molecule has 1 unspecified atom stereocenters. The fourth-order valence-corrected chi connectivity index (χ4v) is 2.38. The first kappa shape index (κ1) is 13.8. The lowest BCUT2D eigenvalue weighted by atomic mass is 10.1. The highest BCUT2D eigenvalue weighted by Gasteiger charge is 2.20. The normalized spacial score (nSPS) is 20.1. The van der Waals surface area contributed by atoms with Gasteiger partial charge in [-0.25, -0.2) is 4.98 Å². The van der Waals surface area contributed by atoms with Gasteiger partial charge in [-0.3, -0.25) is 0 Å². The molecular weight excluding hydrogens is 240 g/mol. The van der Waals surface area contributed by atoms with Crippen LogP contribution < -0.4 is 4.90 Å². The molecule has 0 amide bonds. The molecule has 5 heteroatoms. The van der Waals surface area contributed by atoms with Crippen molar-refractivity contribution in [3.05, 3.63) is 23.9 Å². The molecule has 2 heterocycles. The highest BCUT2D eigenvalue weighted by Crippen LogP contribution is 2.16. The Balaban J connectivity index is 2.11. The summed E-state index contributed by atoms with van der Waals surface area (Å²) in [4.78, 5) is 8.75. The van der Waals surface area contributed by atoms with Gasteiger partial charge in [-0.1, -0.05) is 6.07 Å². The number of ether oxygens (including phenoxy) is 1. The first-order chi connectivity index (χ1) is 9.19. The van der Waals surface area contributed by atoms with Crippen molar-refractivity contribution >= 4 is 5.82 Å². The van der Waals surface area contributed by atoms with E-state index in [1.807, 2.05) is 12.1 Å². The Kier molecular flexibility index (Phi) is 4.72. The predicted molar refractivity (Wildman–Crippen MR) is 74.0 cm³/mol. The number of rotatable bonds is 3. The van der Waals surface area contributed by atoms with Crippen molar-refractivity contribution < 1.29 is 4.74 Å². The van der Waals surface area contributed by atoms with Crippen LogP contribution in [0.25, 0.3) is 0 Å². The summed E-state index contributed by atoms with van der Waals surface area (Å²) in [5.41, 5.74) is 0.465. The van der Waals surface area contributed by atoms with Gasteiger partial charge in [0.25, 0.3) is 0 Å². The van der Waals surface area contributed by atoms with Crippen molar-refractivity contribution in [2.24, 2.45) is 5.92 Å². The second-order valence-electron chi connectivity index (χ2n) is 5.14. The van der Waals surface area contributed by atoms with Crippen LogP contribution in [0.4, 0.5) is 5.82 Å². The van der Waals surface area contributed by atoms with Crippen LogP contribution in [0, 0.1) is 17.2 Å². The topological polar surface area (TPSA) is 52.4 Å². The van der Waals surface area contributed by atoms with Crippen LogP contribution in [-0.2, 0) is 4.74 Å². The molecule has 0 aromatic carbocycles. The number of pyridine rings is 1. The molecule has 5 nitrogen and oxygen atoms in total. The standard InChI is InChI=1S/C14H20N4O/c1-17(2)9-12-10-18(6-7-19-11-12)14-5-3-4-13(8-15)16-14/h3-5,12H,6-7,9-11H2,1-2H3. The zero-order chi connectivity index (χ0) is 13.7. The summed E-state index contributed by atoms with van der Waals surface area (Å²) in [6, 6.07) is 7.66. The first-order valence-corrected chi connectivity index (χ1v) is 6.53. The number of hydrogen-bond donors (Lipinski definition) is 0. The molecule has 0 N–H and O–H groups in total. The van der Waals surface area contributed by atoms with Crippen molar-refractivity contribution in [1.29, 1.82) is 5.26 Å². The Hall–Kier alpha value is -1.64. The van der Waals surface area contributed by atoms with E-state index >= 15 is 0 Å². The quantitative estimate of drug-likeness (QED) is 0.810. The lowest BCUT2D eigenvalue weighted by molar-refractivity contribution is 0.113. The van der Waals surface area contributed by atoms with Crippen LogP contribution in [0.3, 0.4) is 0 Å². The van der Waals surface area contributed by atoms with Crippen molar-refractivity contribution in [1.82, 2.24) is 9.88 Å². The van der Waals surface area contributed by atoms with Crippen LogP contribution in [0.2, 0.25) is 0 Å². The number of aromatic nitrogens is 1. The van der Waals surface area contributed by atoms with Gasteiger partial charge in [0.15, 0.2) is 0 Å². The third-order valence-electron chi connectivity index (χ3n) is 3.13. The van der Waals surface area contributed by atoms with E-state index < -0.39 is 0 Å².